The Morgan fingerprint density at radius 1 is 1.09 bits per heavy atom. The molecule has 0 radical (unpaired) electrons. The lowest BCUT2D eigenvalue weighted by Crippen LogP contribution is -2.47. The van der Waals surface area contributed by atoms with Gasteiger partial charge in [-0.05, 0) is 28.7 Å². The van der Waals surface area contributed by atoms with E-state index in [1.165, 1.54) is 11.1 Å². The number of hydrogen-bond acceptors (Lipinski definition) is 3. The van der Waals surface area contributed by atoms with Crippen LogP contribution < -0.4 is 10.6 Å². The Bertz CT molecular complexity index is 670. The average Bonchev–Trinajstić information content (AvgIpc) is 2.59. The molecule has 0 saturated carbocycles. The molecule has 0 aromatic heterocycles. The van der Waals surface area contributed by atoms with Gasteiger partial charge in [0, 0.05) is 13.1 Å². The van der Waals surface area contributed by atoms with Gasteiger partial charge >= 0.3 is 0 Å². The molecule has 3 rings (SSSR count). The molecular formula is C18H20N2O2. The molecule has 3 N–H and O–H groups in total. The monoisotopic (exact) mass is 296 g/mol. The molecule has 0 saturated heterocycles. The molecule has 0 bridgehead atoms. The van der Waals surface area contributed by atoms with Crippen LogP contribution in [0.5, 0.6) is 0 Å². The highest BCUT2D eigenvalue weighted by Gasteiger charge is 2.23. The van der Waals surface area contributed by atoms with Crippen molar-refractivity contribution in [3.05, 3.63) is 70.8 Å². The summed E-state index contributed by atoms with van der Waals surface area (Å²) in [4.78, 5) is 12.3. The number of carbonyl (C=O) groups excluding carboxylic acids is 1. The highest BCUT2D eigenvalue weighted by atomic mass is 16.3. The van der Waals surface area contributed by atoms with Crippen molar-refractivity contribution < 1.29 is 9.90 Å². The predicted octanol–water partition coefficient (Wildman–Crippen LogP) is 1.51. The van der Waals surface area contributed by atoms with Crippen LogP contribution in [0.25, 0.3) is 0 Å². The zero-order valence-electron chi connectivity index (χ0n) is 12.4. The van der Waals surface area contributed by atoms with E-state index in [2.05, 4.69) is 22.8 Å². The maximum absolute atomic E-state index is 12.3. The fraction of sp³-hybridized carbons (Fsp3) is 0.278. The van der Waals surface area contributed by atoms with E-state index in [9.17, 15) is 9.90 Å². The van der Waals surface area contributed by atoms with Crippen LogP contribution in [-0.2, 0) is 30.9 Å². The molecule has 22 heavy (non-hydrogen) atoms. The molecule has 1 aliphatic rings. The zero-order chi connectivity index (χ0) is 15.4. The number of aliphatic hydroxyl groups excluding tert-OH is 1. The summed E-state index contributed by atoms with van der Waals surface area (Å²) in [6.07, 6.45) is 0.712. The minimum Gasteiger partial charge on any atom is -0.392 e. The minimum absolute atomic E-state index is 0.00208. The summed E-state index contributed by atoms with van der Waals surface area (Å²) in [5.41, 5.74) is 4.30. The summed E-state index contributed by atoms with van der Waals surface area (Å²) in [5.74, 6) is 0.00208. The van der Waals surface area contributed by atoms with Crippen LogP contribution in [0.1, 0.15) is 22.3 Å². The summed E-state index contributed by atoms with van der Waals surface area (Å²) < 4.78 is 0. The van der Waals surface area contributed by atoms with Crippen LogP contribution in [0.4, 0.5) is 0 Å². The van der Waals surface area contributed by atoms with Gasteiger partial charge in [0.1, 0.15) is 0 Å². The topological polar surface area (TPSA) is 61.4 Å². The second kappa shape index (κ2) is 6.73. The van der Waals surface area contributed by atoms with Crippen molar-refractivity contribution in [1.82, 2.24) is 10.6 Å². The smallest absolute Gasteiger partial charge is 0.237 e. The van der Waals surface area contributed by atoms with Crippen molar-refractivity contribution in [3.8, 4) is 0 Å². The molecule has 1 amide bonds. The lowest BCUT2D eigenvalue weighted by atomic mass is 9.95. The van der Waals surface area contributed by atoms with Crippen molar-refractivity contribution in [3.63, 3.8) is 0 Å². The quantitative estimate of drug-likeness (QED) is 0.801. The van der Waals surface area contributed by atoms with Gasteiger partial charge in [-0.3, -0.25) is 4.79 Å². The normalized spacial score (nSPS) is 16.9. The largest absolute Gasteiger partial charge is 0.392 e. The first kappa shape index (κ1) is 14.8. The summed E-state index contributed by atoms with van der Waals surface area (Å²) in [6, 6.07) is 15.6. The van der Waals surface area contributed by atoms with E-state index in [1.54, 1.807) is 0 Å². The SMILES string of the molecule is O=C(NCc1ccccc1CO)[C@@H]1Cc2ccccc2CN1. The van der Waals surface area contributed by atoms with Crippen molar-refractivity contribution in [2.75, 3.05) is 0 Å². The second-order valence-corrected chi connectivity index (χ2v) is 5.55. The highest BCUT2D eigenvalue weighted by molar-refractivity contribution is 5.82. The van der Waals surface area contributed by atoms with Gasteiger partial charge in [0.05, 0.1) is 12.6 Å². The van der Waals surface area contributed by atoms with Gasteiger partial charge in [0.2, 0.25) is 5.91 Å². The van der Waals surface area contributed by atoms with Crippen LogP contribution in [0.15, 0.2) is 48.5 Å². The van der Waals surface area contributed by atoms with Crippen molar-refractivity contribution in [2.45, 2.75) is 32.2 Å². The first-order valence-corrected chi connectivity index (χ1v) is 7.53. The van der Waals surface area contributed by atoms with E-state index >= 15 is 0 Å². The predicted molar refractivity (Wildman–Crippen MR) is 85.0 cm³/mol. The zero-order valence-corrected chi connectivity index (χ0v) is 12.4. The summed E-state index contributed by atoms with van der Waals surface area (Å²) in [6.45, 7) is 1.15. The third kappa shape index (κ3) is 3.18. The minimum atomic E-state index is -0.198. The number of benzene rings is 2. The lowest BCUT2D eigenvalue weighted by Gasteiger charge is -2.25. The van der Waals surface area contributed by atoms with E-state index in [0.717, 1.165) is 17.7 Å². The Morgan fingerprint density at radius 2 is 1.77 bits per heavy atom. The number of nitrogens with one attached hydrogen (secondary N) is 2. The number of amides is 1. The van der Waals surface area contributed by atoms with Gasteiger partial charge < -0.3 is 15.7 Å². The van der Waals surface area contributed by atoms with E-state index < -0.39 is 0 Å². The summed E-state index contributed by atoms with van der Waals surface area (Å²) >= 11 is 0. The number of fused-ring (bicyclic) bond motifs is 1. The number of hydrogen-bond donors (Lipinski definition) is 3. The molecule has 2 aromatic carbocycles. The van der Waals surface area contributed by atoms with Gasteiger partial charge in [0.15, 0.2) is 0 Å². The first-order chi connectivity index (χ1) is 10.8. The Balaban J connectivity index is 1.61. The molecule has 1 heterocycles. The van der Waals surface area contributed by atoms with E-state index in [1.807, 2.05) is 36.4 Å². The van der Waals surface area contributed by atoms with Gasteiger partial charge in [-0.25, -0.2) is 0 Å². The molecule has 2 aromatic rings. The average molecular weight is 296 g/mol. The van der Waals surface area contributed by atoms with Crippen molar-refractivity contribution in [2.24, 2.45) is 0 Å². The molecule has 1 atom stereocenters. The molecule has 0 fully saturated rings. The van der Waals surface area contributed by atoms with Crippen LogP contribution in [0, 0.1) is 0 Å². The van der Waals surface area contributed by atoms with Crippen LogP contribution >= 0.6 is 0 Å². The first-order valence-electron chi connectivity index (χ1n) is 7.53. The fourth-order valence-electron chi connectivity index (χ4n) is 2.83. The molecule has 4 heteroatoms. The Hall–Kier alpha value is -2.17. The molecule has 0 spiro atoms. The summed E-state index contributed by atoms with van der Waals surface area (Å²) in [7, 11) is 0. The maximum Gasteiger partial charge on any atom is 0.237 e. The molecule has 1 aliphatic heterocycles. The third-order valence-corrected chi connectivity index (χ3v) is 4.14. The van der Waals surface area contributed by atoms with Gasteiger partial charge in [0.25, 0.3) is 0 Å². The molecular weight excluding hydrogens is 276 g/mol. The molecule has 0 unspecified atom stereocenters. The van der Waals surface area contributed by atoms with E-state index in [4.69, 9.17) is 0 Å². The molecule has 0 aliphatic carbocycles. The fourth-order valence-corrected chi connectivity index (χ4v) is 2.83. The lowest BCUT2D eigenvalue weighted by molar-refractivity contribution is -0.123. The van der Waals surface area contributed by atoms with E-state index in [0.29, 0.717) is 13.0 Å². The van der Waals surface area contributed by atoms with Crippen molar-refractivity contribution >= 4 is 5.91 Å². The maximum atomic E-state index is 12.3. The van der Waals surface area contributed by atoms with Crippen LogP contribution in [0.2, 0.25) is 0 Å². The van der Waals surface area contributed by atoms with Crippen LogP contribution in [0.3, 0.4) is 0 Å². The highest BCUT2D eigenvalue weighted by Crippen LogP contribution is 2.16. The Labute approximate surface area is 130 Å². The van der Waals surface area contributed by atoms with E-state index in [-0.39, 0.29) is 18.6 Å². The third-order valence-electron chi connectivity index (χ3n) is 4.14. The standard InChI is InChI=1S/C18H20N2O2/c21-12-16-8-4-3-7-15(16)11-20-18(22)17-9-13-5-1-2-6-14(13)10-19-17/h1-8,17,19,21H,9-12H2,(H,20,22)/t17-/m0/s1. The second-order valence-electron chi connectivity index (χ2n) is 5.55. The van der Waals surface area contributed by atoms with Gasteiger partial charge in [-0.15, -0.1) is 0 Å². The number of carbonyl (C=O) groups is 1. The van der Waals surface area contributed by atoms with Gasteiger partial charge in [-0.2, -0.15) is 0 Å². The molecule has 4 nitrogen and oxygen atoms in total. The Morgan fingerprint density at radius 3 is 2.55 bits per heavy atom. The summed E-state index contributed by atoms with van der Waals surface area (Å²) in [5, 5.41) is 15.6. The van der Waals surface area contributed by atoms with Gasteiger partial charge in [-0.1, -0.05) is 48.5 Å². The molecule has 114 valence electrons. The Kier molecular flexibility index (Phi) is 4.51. The van der Waals surface area contributed by atoms with Crippen molar-refractivity contribution in [1.29, 1.82) is 0 Å². The van der Waals surface area contributed by atoms with Crippen LogP contribution in [-0.4, -0.2) is 17.1 Å². The number of rotatable bonds is 4. The number of aliphatic hydroxyl groups is 1.